The molecule has 6 nitrogen and oxygen atoms in total. The highest BCUT2D eigenvalue weighted by molar-refractivity contribution is 5.74. The largest absolute Gasteiger partial charge is 0.423 e. The first-order valence-corrected chi connectivity index (χ1v) is 10.0. The van der Waals surface area contributed by atoms with Crippen molar-refractivity contribution in [1.82, 2.24) is 15.0 Å². The number of aromatic nitrogens is 2. The standard InChI is InChI=1S/C21H26N4O2/c1-24(14-18-16-6-2-4-8-19(16)27-23-18)15-10-12-25(13-11-15)21-22-17-7-3-5-9-20(17)26-21/h3,5,7,9,15H,2,4,6,8,10-14H2,1H3. The van der Waals surface area contributed by atoms with Gasteiger partial charge in [-0.1, -0.05) is 17.3 Å². The first kappa shape index (κ1) is 16.8. The van der Waals surface area contributed by atoms with Crippen LogP contribution in [0.2, 0.25) is 0 Å². The van der Waals surface area contributed by atoms with E-state index in [9.17, 15) is 0 Å². The van der Waals surface area contributed by atoms with Gasteiger partial charge in [0.05, 0.1) is 0 Å². The Morgan fingerprint density at radius 2 is 1.96 bits per heavy atom. The summed E-state index contributed by atoms with van der Waals surface area (Å²) in [6.45, 7) is 2.82. The zero-order chi connectivity index (χ0) is 18.2. The molecule has 0 atom stereocenters. The Bertz CT molecular complexity index is 890. The maximum Gasteiger partial charge on any atom is 0.298 e. The predicted molar refractivity (Wildman–Crippen MR) is 104 cm³/mol. The van der Waals surface area contributed by atoms with Gasteiger partial charge in [0.2, 0.25) is 0 Å². The van der Waals surface area contributed by atoms with E-state index in [-0.39, 0.29) is 0 Å². The van der Waals surface area contributed by atoms with Crippen molar-refractivity contribution in [3.05, 3.63) is 41.3 Å². The van der Waals surface area contributed by atoms with Gasteiger partial charge < -0.3 is 13.8 Å². The summed E-state index contributed by atoms with van der Waals surface area (Å²) in [4.78, 5) is 9.35. The molecule has 0 amide bonds. The molecule has 3 aromatic rings. The molecule has 0 unspecified atom stereocenters. The molecule has 1 aliphatic carbocycles. The van der Waals surface area contributed by atoms with E-state index in [2.05, 4.69) is 27.0 Å². The van der Waals surface area contributed by atoms with E-state index < -0.39 is 0 Å². The van der Waals surface area contributed by atoms with Crippen LogP contribution in [0.1, 0.15) is 42.7 Å². The number of aryl methyl sites for hydroxylation is 1. The highest BCUT2D eigenvalue weighted by Gasteiger charge is 2.27. The van der Waals surface area contributed by atoms with Gasteiger partial charge in [-0.3, -0.25) is 4.90 Å². The first-order valence-electron chi connectivity index (χ1n) is 10.0. The van der Waals surface area contributed by atoms with Gasteiger partial charge in [-0.15, -0.1) is 0 Å². The van der Waals surface area contributed by atoms with Crippen molar-refractivity contribution in [1.29, 1.82) is 0 Å². The number of piperidine rings is 1. The normalized spacial score (nSPS) is 18.4. The Hall–Kier alpha value is -2.34. The molecule has 5 rings (SSSR count). The summed E-state index contributed by atoms with van der Waals surface area (Å²) in [7, 11) is 2.21. The molecule has 142 valence electrons. The Morgan fingerprint density at radius 3 is 2.81 bits per heavy atom. The van der Waals surface area contributed by atoms with Crippen LogP contribution in [0.5, 0.6) is 0 Å². The van der Waals surface area contributed by atoms with Crippen LogP contribution in [0.15, 0.2) is 33.2 Å². The van der Waals surface area contributed by atoms with Crippen molar-refractivity contribution in [3.63, 3.8) is 0 Å². The van der Waals surface area contributed by atoms with E-state index in [1.165, 1.54) is 18.4 Å². The minimum Gasteiger partial charge on any atom is -0.423 e. The van der Waals surface area contributed by atoms with Gasteiger partial charge in [-0.25, -0.2) is 0 Å². The average molecular weight is 366 g/mol. The van der Waals surface area contributed by atoms with E-state index in [1.807, 2.05) is 24.3 Å². The van der Waals surface area contributed by atoms with Gasteiger partial charge in [0, 0.05) is 37.7 Å². The van der Waals surface area contributed by atoms with Gasteiger partial charge in [0.15, 0.2) is 5.58 Å². The molecule has 1 aliphatic heterocycles. The molecule has 2 aromatic heterocycles. The molecule has 2 aliphatic rings. The highest BCUT2D eigenvalue weighted by Crippen LogP contribution is 2.28. The third kappa shape index (κ3) is 3.23. The molecule has 0 saturated carbocycles. The van der Waals surface area contributed by atoms with Crippen LogP contribution in [-0.4, -0.2) is 41.2 Å². The summed E-state index contributed by atoms with van der Waals surface area (Å²) in [6.07, 6.45) is 6.87. The predicted octanol–water partition coefficient (Wildman–Crippen LogP) is 3.80. The summed E-state index contributed by atoms with van der Waals surface area (Å²) >= 11 is 0. The number of nitrogens with zero attached hydrogens (tertiary/aromatic N) is 4. The maximum absolute atomic E-state index is 5.93. The number of hydrogen-bond acceptors (Lipinski definition) is 6. The van der Waals surface area contributed by atoms with Crippen LogP contribution in [0.4, 0.5) is 6.01 Å². The quantitative estimate of drug-likeness (QED) is 0.700. The number of rotatable bonds is 4. The van der Waals surface area contributed by atoms with Crippen LogP contribution in [0, 0.1) is 0 Å². The van der Waals surface area contributed by atoms with E-state index in [0.29, 0.717) is 6.04 Å². The van der Waals surface area contributed by atoms with Crippen molar-refractivity contribution < 1.29 is 8.94 Å². The summed E-state index contributed by atoms with van der Waals surface area (Å²) < 4.78 is 11.5. The van der Waals surface area contributed by atoms with Crippen LogP contribution >= 0.6 is 0 Å². The minimum atomic E-state index is 0.557. The monoisotopic (exact) mass is 366 g/mol. The van der Waals surface area contributed by atoms with Gasteiger partial charge in [-0.05, 0) is 51.3 Å². The SMILES string of the molecule is CN(Cc1noc2c1CCCC2)C1CCN(c2nc3ccccc3o2)CC1. The molecule has 3 heterocycles. The van der Waals surface area contributed by atoms with Crippen LogP contribution in [0.25, 0.3) is 11.1 Å². The number of hydrogen-bond donors (Lipinski definition) is 0. The van der Waals surface area contributed by atoms with E-state index in [4.69, 9.17) is 8.94 Å². The van der Waals surface area contributed by atoms with Gasteiger partial charge in [0.25, 0.3) is 6.01 Å². The maximum atomic E-state index is 5.93. The number of benzene rings is 1. The fraction of sp³-hybridized carbons (Fsp3) is 0.524. The number of anilines is 1. The average Bonchev–Trinajstić information content (AvgIpc) is 3.32. The second kappa shape index (κ2) is 7.00. The van der Waals surface area contributed by atoms with Crippen molar-refractivity contribution in [2.45, 2.75) is 51.1 Å². The summed E-state index contributed by atoms with van der Waals surface area (Å²) in [6, 6.07) is 9.27. The second-order valence-corrected chi connectivity index (χ2v) is 7.84. The van der Waals surface area contributed by atoms with Gasteiger partial charge in [0.1, 0.15) is 17.0 Å². The molecule has 1 saturated heterocycles. The highest BCUT2D eigenvalue weighted by atomic mass is 16.5. The van der Waals surface area contributed by atoms with Crippen molar-refractivity contribution in [3.8, 4) is 0 Å². The third-order valence-corrected chi connectivity index (χ3v) is 6.07. The van der Waals surface area contributed by atoms with Crippen LogP contribution in [0.3, 0.4) is 0 Å². The molecule has 1 aromatic carbocycles. The summed E-state index contributed by atoms with van der Waals surface area (Å²) in [5.74, 6) is 1.12. The van der Waals surface area contributed by atoms with E-state index >= 15 is 0 Å². The number of fused-ring (bicyclic) bond motifs is 2. The second-order valence-electron chi connectivity index (χ2n) is 7.84. The number of oxazole rings is 1. The molecule has 0 radical (unpaired) electrons. The zero-order valence-corrected chi connectivity index (χ0v) is 15.9. The van der Waals surface area contributed by atoms with E-state index in [0.717, 1.165) is 73.9 Å². The Kier molecular flexibility index (Phi) is 4.36. The molecular weight excluding hydrogens is 340 g/mol. The topological polar surface area (TPSA) is 58.5 Å². The molecule has 0 N–H and O–H groups in total. The first-order chi connectivity index (χ1) is 13.3. The van der Waals surface area contributed by atoms with Gasteiger partial charge >= 0.3 is 0 Å². The molecule has 0 bridgehead atoms. The lowest BCUT2D eigenvalue weighted by atomic mass is 9.96. The molecule has 1 fully saturated rings. The van der Waals surface area contributed by atoms with Crippen LogP contribution < -0.4 is 4.90 Å². The number of para-hydroxylation sites is 2. The summed E-state index contributed by atoms with van der Waals surface area (Å²) in [5, 5.41) is 4.37. The fourth-order valence-electron chi connectivity index (χ4n) is 4.43. The third-order valence-electron chi connectivity index (χ3n) is 6.07. The van der Waals surface area contributed by atoms with E-state index in [1.54, 1.807) is 0 Å². The van der Waals surface area contributed by atoms with Crippen molar-refractivity contribution in [2.75, 3.05) is 25.0 Å². The Morgan fingerprint density at radius 1 is 1.15 bits per heavy atom. The molecular formula is C21H26N4O2. The van der Waals surface area contributed by atoms with Crippen molar-refractivity contribution in [2.24, 2.45) is 0 Å². The lowest BCUT2D eigenvalue weighted by molar-refractivity contribution is 0.193. The molecule has 6 heteroatoms. The smallest absolute Gasteiger partial charge is 0.298 e. The lowest BCUT2D eigenvalue weighted by Gasteiger charge is -2.35. The molecule has 0 spiro atoms. The zero-order valence-electron chi connectivity index (χ0n) is 15.9. The molecule has 27 heavy (non-hydrogen) atoms. The van der Waals surface area contributed by atoms with Crippen LogP contribution in [-0.2, 0) is 19.4 Å². The van der Waals surface area contributed by atoms with Crippen molar-refractivity contribution >= 4 is 17.1 Å². The Balaban J connectivity index is 1.21. The van der Waals surface area contributed by atoms with Gasteiger partial charge in [-0.2, -0.15) is 4.98 Å². The lowest BCUT2D eigenvalue weighted by Crippen LogP contribution is -2.43. The summed E-state index contributed by atoms with van der Waals surface area (Å²) in [5.41, 5.74) is 4.32. The minimum absolute atomic E-state index is 0.557. The fourth-order valence-corrected chi connectivity index (χ4v) is 4.43. The Labute approximate surface area is 159 Å².